The third-order valence-electron chi connectivity index (χ3n) is 5.09. The predicted molar refractivity (Wildman–Crippen MR) is 99.5 cm³/mol. The van der Waals surface area contributed by atoms with Gasteiger partial charge in [0.2, 0.25) is 0 Å². The van der Waals surface area contributed by atoms with Crippen LogP contribution >= 0.6 is 0 Å². The number of ether oxygens (including phenoxy) is 1. The van der Waals surface area contributed by atoms with E-state index < -0.39 is 32.4 Å². The topological polar surface area (TPSA) is 86.5 Å². The van der Waals surface area contributed by atoms with Crippen LogP contribution in [-0.2, 0) is 19.4 Å². The molecule has 2 aromatic rings. The van der Waals surface area contributed by atoms with Crippen molar-refractivity contribution in [2.24, 2.45) is 11.1 Å². The fourth-order valence-corrected chi connectivity index (χ4v) is 6.08. The Morgan fingerprint density at radius 1 is 1.12 bits per heavy atom. The molecule has 0 aliphatic heterocycles. The summed E-state index contributed by atoms with van der Waals surface area (Å²) in [5.74, 6) is -1.06. The number of carbonyl (C=O) groups is 1. The molecule has 0 bridgehead atoms. The minimum Gasteiger partial charge on any atom is -0.465 e. The zero-order valence-corrected chi connectivity index (χ0v) is 15.7. The number of carbonyl (C=O) groups excluding carboxylic acids is 1. The number of rotatable bonds is 6. The molecular formula is C20H23NO4S. The molecule has 5 nitrogen and oxygen atoms in total. The van der Waals surface area contributed by atoms with Gasteiger partial charge in [-0.2, -0.15) is 0 Å². The molecule has 0 saturated heterocycles. The van der Waals surface area contributed by atoms with Gasteiger partial charge in [-0.25, -0.2) is 8.42 Å². The molecular weight excluding hydrogens is 350 g/mol. The first-order valence-corrected chi connectivity index (χ1v) is 10.2. The van der Waals surface area contributed by atoms with E-state index in [1.165, 1.54) is 0 Å². The van der Waals surface area contributed by atoms with Gasteiger partial charge in [-0.3, -0.25) is 4.79 Å². The van der Waals surface area contributed by atoms with E-state index in [9.17, 15) is 13.2 Å². The van der Waals surface area contributed by atoms with E-state index >= 15 is 0 Å². The van der Waals surface area contributed by atoms with Gasteiger partial charge in [-0.1, -0.05) is 48.0 Å². The van der Waals surface area contributed by atoms with Crippen molar-refractivity contribution in [3.8, 4) is 0 Å². The highest BCUT2D eigenvalue weighted by atomic mass is 32.2. The summed E-state index contributed by atoms with van der Waals surface area (Å²) in [7, 11) is -3.74. The van der Waals surface area contributed by atoms with Crippen molar-refractivity contribution in [1.29, 1.82) is 0 Å². The number of nitrogens with two attached hydrogens (primary N) is 1. The smallest absolute Gasteiger partial charge is 0.315 e. The Morgan fingerprint density at radius 3 is 2.27 bits per heavy atom. The molecule has 0 aromatic heterocycles. The first kappa shape index (κ1) is 18.6. The summed E-state index contributed by atoms with van der Waals surface area (Å²) >= 11 is 0. The summed E-state index contributed by atoms with van der Waals surface area (Å²) in [6.45, 7) is 3.69. The average Bonchev–Trinajstić information content (AvgIpc) is 3.35. The van der Waals surface area contributed by atoms with Gasteiger partial charge >= 0.3 is 5.97 Å². The van der Waals surface area contributed by atoms with Crippen LogP contribution in [0.3, 0.4) is 0 Å². The number of sulfone groups is 1. The van der Waals surface area contributed by atoms with E-state index in [1.54, 1.807) is 31.2 Å². The maximum Gasteiger partial charge on any atom is 0.315 e. The number of benzene rings is 2. The van der Waals surface area contributed by atoms with E-state index in [4.69, 9.17) is 10.5 Å². The molecule has 1 saturated carbocycles. The zero-order chi connectivity index (χ0) is 18.9. The second-order valence-electron chi connectivity index (χ2n) is 6.63. The van der Waals surface area contributed by atoms with E-state index in [2.05, 4.69) is 0 Å². The minimum absolute atomic E-state index is 0.0822. The number of aryl methyl sites for hydroxylation is 1. The monoisotopic (exact) mass is 373 g/mol. The van der Waals surface area contributed by atoms with E-state index in [0.717, 1.165) is 11.1 Å². The fraction of sp³-hybridized carbons (Fsp3) is 0.350. The molecule has 26 heavy (non-hydrogen) atoms. The Labute approximate surface area is 154 Å². The maximum atomic E-state index is 13.3. The van der Waals surface area contributed by atoms with Crippen LogP contribution in [0.5, 0.6) is 0 Å². The molecule has 1 aliphatic rings. The van der Waals surface area contributed by atoms with Crippen LogP contribution < -0.4 is 5.73 Å². The van der Waals surface area contributed by atoms with Gasteiger partial charge in [-0.05, 0) is 31.5 Å². The first-order chi connectivity index (χ1) is 12.4. The lowest BCUT2D eigenvalue weighted by molar-refractivity contribution is -0.149. The molecule has 6 heteroatoms. The van der Waals surface area contributed by atoms with Crippen LogP contribution in [-0.4, -0.2) is 32.8 Å². The van der Waals surface area contributed by atoms with Crippen LogP contribution in [0.2, 0.25) is 0 Å². The van der Waals surface area contributed by atoms with Crippen LogP contribution in [0.25, 0.3) is 0 Å². The third-order valence-corrected chi connectivity index (χ3v) is 7.38. The quantitative estimate of drug-likeness (QED) is 0.786. The lowest BCUT2D eigenvalue weighted by Gasteiger charge is -2.14. The number of hydrogen-bond donors (Lipinski definition) is 1. The van der Waals surface area contributed by atoms with Crippen molar-refractivity contribution in [1.82, 2.24) is 0 Å². The minimum atomic E-state index is -3.74. The average molecular weight is 373 g/mol. The van der Waals surface area contributed by atoms with Gasteiger partial charge in [0.05, 0.1) is 16.8 Å². The molecule has 1 aliphatic carbocycles. The first-order valence-electron chi connectivity index (χ1n) is 8.62. The summed E-state index contributed by atoms with van der Waals surface area (Å²) in [6, 6.07) is 15.8. The Morgan fingerprint density at radius 2 is 1.73 bits per heavy atom. The number of esters is 1. The van der Waals surface area contributed by atoms with Crippen molar-refractivity contribution in [3.63, 3.8) is 0 Å². The van der Waals surface area contributed by atoms with Crippen molar-refractivity contribution >= 4 is 15.8 Å². The molecule has 0 radical (unpaired) electrons. The molecule has 2 N–H and O–H groups in total. The summed E-state index contributed by atoms with van der Waals surface area (Å²) in [5, 5.41) is -0.927. The molecule has 0 amide bonds. The summed E-state index contributed by atoms with van der Waals surface area (Å²) in [4.78, 5) is 12.9. The fourth-order valence-electron chi connectivity index (χ4n) is 3.70. The zero-order valence-electron chi connectivity index (χ0n) is 14.9. The van der Waals surface area contributed by atoms with Crippen LogP contribution in [0.1, 0.15) is 24.0 Å². The summed E-state index contributed by atoms with van der Waals surface area (Å²) < 4.78 is 31.8. The molecule has 138 valence electrons. The second-order valence-corrected chi connectivity index (χ2v) is 8.70. The highest BCUT2D eigenvalue weighted by Crippen LogP contribution is 2.64. The Bertz CT molecular complexity index is 893. The highest BCUT2D eigenvalue weighted by molar-refractivity contribution is 7.92. The summed E-state index contributed by atoms with van der Waals surface area (Å²) in [6.07, 6.45) is 0. The lowest BCUT2D eigenvalue weighted by atomic mass is 9.99. The van der Waals surface area contributed by atoms with Crippen LogP contribution in [0, 0.1) is 12.3 Å². The van der Waals surface area contributed by atoms with Gasteiger partial charge in [0, 0.05) is 12.5 Å². The molecule has 2 aromatic carbocycles. The second kappa shape index (κ2) is 6.85. The Hall–Kier alpha value is -2.18. The van der Waals surface area contributed by atoms with Gasteiger partial charge in [-0.15, -0.1) is 0 Å². The normalized spacial score (nSPS) is 24.9. The van der Waals surface area contributed by atoms with Gasteiger partial charge in [0.1, 0.15) is 5.41 Å². The van der Waals surface area contributed by atoms with E-state index in [1.807, 2.05) is 37.3 Å². The van der Waals surface area contributed by atoms with E-state index in [-0.39, 0.29) is 18.0 Å². The highest BCUT2D eigenvalue weighted by Gasteiger charge is 2.75. The van der Waals surface area contributed by atoms with Gasteiger partial charge in [0.25, 0.3) is 0 Å². The van der Waals surface area contributed by atoms with Gasteiger partial charge in [0.15, 0.2) is 9.84 Å². The largest absolute Gasteiger partial charge is 0.465 e. The van der Waals surface area contributed by atoms with Crippen molar-refractivity contribution in [3.05, 3.63) is 65.7 Å². The molecule has 3 atom stereocenters. The predicted octanol–water partition coefficient (Wildman–Crippen LogP) is 2.44. The summed E-state index contributed by atoms with van der Waals surface area (Å²) in [5.41, 5.74) is 6.45. The van der Waals surface area contributed by atoms with Crippen molar-refractivity contribution < 1.29 is 17.9 Å². The molecule has 0 unspecified atom stereocenters. The van der Waals surface area contributed by atoms with Crippen LogP contribution in [0.4, 0.5) is 0 Å². The van der Waals surface area contributed by atoms with Crippen molar-refractivity contribution in [2.45, 2.75) is 29.9 Å². The number of hydrogen-bond acceptors (Lipinski definition) is 5. The SMILES string of the molecule is CCOC(=O)[C@]1(CN)[C@@H](c2ccccc2)[C@@H]1S(=O)(=O)c1ccc(C)cc1. The third kappa shape index (κ3) is 2.83. The molecule has 0 spiro atoms. The maximum absolute atomic E-state index is 13.3. The standard InChI is InChI=1S/C20H23NO4S/c1-3-25-19(22)20(13-21)17(15-7-5-4-6-8-15)18(20)26(23,24)16-11-9-14(2)10-12-16/h4-12,17-18H,3,13,21H2,1-2H3/t17-,18-,20+/m0/s1. The Kier molecular flexibility index (Phi) is 4.90. The van der Waals surface area contributed by atoms with Crippen LogP contribution in [0.15, 0.2) is 59.5 Å². The molecule has 3 rings (SSSR count). The Balaban J connectivity index is 2.10. The molecule has 1 fully saturated rings. The molecule has 0 heterocycles. The van der Waals surface area contributed by atoms with E-state index in [0.29, 0.717) is 0 Å². The lowest BCUT2D eigenvalue weighted by Crippen LogP contribution is -2.33. The van der Waals surface area contributed by atoms with Crippen molar-refractivity contribution in [2.75, 3.05) is 13.2 Å². The van der Waals surface area contributed by atoms with Gasteiger partial charge < -0.3 is 10.5 Å².